The third-order valence-electron chi connectivity index (χ3n) is 4.80. The summed E-state index contributed by atoms with van der Waals surface area (Å²) < 4.78 is 0. The third kappa shape index (κ3) is 4.69. The SMILES string of the molecule is CN(C)C/C=C/C(=O)Nc1cncc(-c2cnc3[nH]cc(-c4ccnc(C#N)c4)c3c2)c1. The van der Waals surface area contributed by atoms with Crippen LogP contribution < -0.4 is 5.32 Å². The van der Waals surface area contributed by atoms with E-state index in [0.29, 0.717) is 17.9 Å². The van der Waals surface area contributed by atoms with Gasteiger partial charge in [-0.2, -0.15) is 5.26 Å². The van der Waals surface area contributed by atoms with Gasteiger partial charge in [-0.1, -0.05) is 6.08 Å². The summed E-state index contributed by atoms with van der Waals surface area (Å²) in [6, 6.07) is 9.55. The first-order valence-electron chi connectivity index (χ1n) is 9.95. The maximum absolute atomic E-state index is 12.1. The molecule has 4 rings (SSSR count). The van der Waals surface area contributed by atoms with E-state index in [1.807, 2.05) is 43.4 Å². The van der Waals surface area contributed by atoms with Crippen LogP contribution in [0.4, 0.5) is 5.69 Å². The molecule has 0 aliphatic carbocycles. The Morgan fingerprint density at radius 3 is 2.81 bits per heavy atom. The summed E-state index contributed by atoms with van der Waals surface area (Å²) in [5.74, 6) is -0.210. The molecule has 0 aromatic carbocycles. The highest BCUT2D eigenvalue weighted by molar-refractivity contribution is 6.00. The van der Waals surface area contributed by atoms with Gasteiger partial charge in [-0.15, -0.1) is 0 Å². The van der Waals surface area contributed by atoms with Gasteiger partial charge < -0.3 is 15.2 Å². The number of nitrogens with one attached hydrogen (secondary N) is 2. The molecule has 0 bridgehead atoms. The standard InChI is InChI=1S/C24H21N7O/c1-31(2)7-3-4-23(32)30-20-9-17(12-26-14-20)18-10-21-22(15-29-24(21)28-13-18)16-5-6-27-19(8-16)11-25/h3-6,8-10,12-15H,7H2,1-2H3,(H,28,29)(H,30,32)/b4-3+. The third-order valence-corrected chi connectivity index (χ3v) is 4.80. The van der Waals surface area contributed by atoms with E-state index < -0.39 is 0 Å². The summed E-state index contributed by atoms with van der Waals surface area (Å²) in [7, 11) is 3.88. The van der Waals surface area contributed by atoms with Crippen LogP contribution in [0.1, 0.15) is 5.69 Å². The predicted molar refractivity (Wildman–Crippen MR) is 124 cm³/mol. The summed E-state index contributed by atoms with van der Waals surface area (Å²) in [5, 5.41) is 12.9. The smallest absolute Gasteiger partial charge is 0.248 e. The zero-order valence-corrected chi connectivity index (χ0v) is 17.7. The van der Waals surface area contributed by atoms with Crippen LogP contribution in [-0.2, 0) is 4.79 Å². The summed E-state index contributed by atoms with van der Waals surface area (Å²) in [6.07, 6.45) is 11.9. The highest BCUT2D eigenvalue weighted by Gasteiger charge is 2.11. The average molecular weight is 423 g/mol. The lowest BCUT2D eigenvalue weighted by Gasteiger charge is -2.07. The van der Waals surface area contributed by atoms with Crippen molar-refractivity contribution in [1.82, 2.24) is 24.8 Å². The average Bonchev–Trinajstić information content (AvgIpc) is 3.22. The number of pyridine rings is 3. The minimum atomic E-state index is -0.210. The Kier molecular flexibility index (Phi) is 6.01. The highest BCUT2D eigenvalue weighted by atomic mass is 16.1. The molecular formula is C24H21N7O. The fourth-order valence-corrected chi connectivity index (χ4v) is 3.28. The van der Waals surface area contributed by atoms with E-state index in [1.54, 1.807) is 36.9 Å². The van der Waals surface area contributed by atoms with Crippen molar-refractivity contribution in [2.45, 2.75) is 0 Å². The summed E-state index contributed by atoms with van der Waals surface area (Å²) >= 11 is 0. The number of amides is 1. The van der Waals surface area contributed by atoms with Gasteiger partial charge in [0.05, 0.1) is 11.9 Å². The van der Waals surface area contributed by atoms with Crippen molar-refractivity contribution in [1.29, 1.82) is 5.26 Å². The van der Waals surface area contributed by atoms with Crippen LogP contribution in [-0.4, -0.2) is 51.4 Å². The molecule has 1 amide bonds. The molecule has 32 heavy (non-hydrogen) atoms. The largest absolute Gasteiger partial charge is 0.346 e. The number of hydrogen-bond donors (Lipinski definition) is 2. The molecule has 0 saturated carbocycles. The summed E-state index contributed by atoms with van der Waals surface area (Å²) in [5.41, 5.74) is 5.19. The molecule has 8 nitrogen and oxygen atoms in total. The number of aromatic nitrogens is 4. The number of H-pyrrole nitrogens is 1. The van der Waals surface area contributed by atoms with Gasteiger partial charge in [0.15, 0.2) is 0 Å². The van der Waals surface area contributed by atoms with E-state index in [0.717, 1.165) is 33.3 Å². The van der Waals surface area contributed by atoms with E-state index in [2.05, 4.69) is 31.3 Å². The van der Waals surface area contributed by atoms with Crippen molar-refractivity contribution in [3.63, 3.8) is 0 Å². The van der Waals surface area contributed by atoms with Crippen molar-refractivity contribution < 1.29 is 4.79 Å². The zero-order valence-electron chi connectivity index (χ0n) is 17.7. The molecule has 4 heterocycles. The van der Waals surface area contributed by atoms with Crippen molar-refractivity contribution in [2.75, 3.05) is 26.0 Å². The molecule has 4 aromatic heterocycles. The molecule has 0 saturated heterocycles. The second-order valence-corrected chi connectivity index (χ2v) is 7.48. The van der Waals surface area contributed by atoms with Crippen molar-refractivity contribution in [2.24, 2.45) is 0 Å². The number of nitriles is 1. The molecule has 158 valence electrons. The van der Waals surface area contributed by atoms with Gasteiger partial charge in [0, 0.05) is 59.5 Å². The van der Waals surface area contributed by atoms with E-state index in [4.69, 9.17) is 5.26 Å². The number of carbonyl (C=O) groups is 1. The fraction of sp³-hybridized carbons (Fsp3) is 0.125. The zero-order chi connectivity index (χ0) is 22.5. The van der Waals surface area contributed by atoms with Crippen molar-refractivity contribution in [3.05, 3.63) is 73.1 Å². The molecular weight excluding hydrogens is 402 g/mol. The van der Waals surface area contributed by atoms with Crippen LogP contribution in [0.15, 0.2) is 67.4 Å². The van der Waals surface area contributed by atoms with Gasteiger partial charge in [0.25, 0.3) is 0 Å². The molecule has 0 radical (unpaired) electrons. The Bertz CT molecular complexity index is 1350. The first-order chi connectivity index (χ1) is 15.5. The second kappa shape index (κ2) is 9.20. The number of likely N-dealkylation sites (N-methyl/N-ethyl adjacent to an activating group) is 1. The number of anilines is 1. The number of nitrogens with zero attached hydrogens (tertiary/aromatic N) is 5. The Hall–Kier alpha value is -4.35. The van der Waals surface area contributed by atoms with Crippen molar-refractivity contribution >= 4 is 22.6 Å². The van der Waals surface area contributed by atoms with Gasteiger partial charge in [-0.3, -0.25) is 9.78 Å². The molecule has 2 N–H and O–H groups in total. The van der Waals surface area contributed by atoms with Crippen LogP contribution in [0, 0.1) is 11.3 Å². The van der Waals surface area contributed by atoms with Gasteiger partial charge in [-0.05, 0) is 43.9 Å². The predicted octanol–water partition coefficient (Wildman–Crippen LogP) is 3.61. The first kappa shape index (κ1) is 20.9. The van der Waals surface area contributed by atoms with Gasteiger partial charge in [0.1, 0.15) is 17.4 Å². The minimum absolute atomic E-state index is 0.210. The van der Waals surface area contributed by atoms with Crippen LogP contribution in [0.5, 0.6) is 0 Å². The summed E-state index contributed by atoms with van der Waals surface area (Å²) in [4.78, 5) is 30.1. The molecule has 0 atom stereocenters. The van der Waals surface area contributed by atoms with E-state index in [9.17, 15) is 4.79 Å². The lowest BCUT2D eigenvalue weighted by atomic mass is 10.0. The van der Waals surface area contributed by atoms with E-state index >= 15 is 0 Å². The molecule has 0 fully saturated rings. The monoisotopic (exact) mass is 423 g/mol. The molecule has 4 aromatic rings. The Morgan fingerprint density at radius 1 is 1.16 bits per heavy atom. The number of hydrogen-bond acceptors (Lipinski definition) is 6. The molecule has 8 heteroatoms. The summed E-state index contributed by atoms with van der Waals surface area (Å²) in [6.45, 7) is 0.684. The maximum Gasteiger partial charge on any atom is 0.248 e. The van der Waals surface area contributed by atoms with Crippen molar-refractivity contribution in [3.8, 4) is 28.3 Å². The topological polar surface area (TPSA) is 111 Å². The minimum Gasteiger partial charge on any atom is -0.346 e. The molecule has 0 unspecified atom stereocenters. The number of carbonyl (C=O) groups excluding carboxylic acids is 1. The fourth-order valence-electron chi connectivity index (χ4n) is 3.28. The van der Waals surface area contributed by atoms with Crippen LogP contribution in [0.2, 0.25) is 0 Å². The number of rotatable bonds is 6. The Balaban J connectivity index is 1.63. The molecule has 0 spiro atoms. The normalized spacial score (nSPS) is 11.2. The lowest BCUT2D eigenvalue weighted by Crippen LogP contribution is -2.13. The second-order valence-electron chi connectivity index (χ2n) is 7.48. The first-order valence-corrected chi connectivity index (χ1v) is 9.95. The van der Waals surface area contributed by atoms with Gasteiger partial charge in [-0.25, -0.2) is 9.97 Å². The Labute approximate surface area is 185 Å². The highest BCUT2D eigenvalue weighted by Crippen LogP contribution is 2.31. The Morgan fingerprint density at radius 2 is 2.00 bits per heavy atom. The quantitative estimate of drug-likeness (QED) is 0.458. The van der Waals surface area contributed by atoms with Gasteiger partial charge in [0.2, 0.25) is 5.91 Å². The number of aromatic amines is 1. The van der Waals surface area contributed by atoms with Crippen LogP contribution >= 0.6 is 0 Å². The number of fused-ring (bicyclic) bond motifs is 1. The molecule has 0 aliphatic rings. The van der Waals surface area contributed by atoms with E-state index in [1.165, 1.54) is 6.08 Å². The maximum atomic E-state index is 12.1. The van der Waals surface area contributed by atoms with E-state index in [-0.39, 0.29) is 5.91 Å². The van der Waals surface area contributed by atoms with Gasteiger partial charge >= 0.3 is 0 Å². The molecule has 0 aliphatic heterocycles. The van der Waals surface area contributed by atoms with Crippen LogP contribution in [0.3, 0.4) is 0 Å². The van der Waals surface area contributed by atoms with Crippen LogP contribution in [0.25, 0.3) is 33.3 Å². The lowest BCUT2D eigenvalue weighted by molar-refractivity contribution is -0.111.